The van der Waals surface area contributed by atoms with Crippen LogP contribution in [0, 0.1) is 0 Å². The highest BCUT2D eigenvalue weighted by Crippen LogP contribution is 2.13. The number of rotatable bonds is 6. The van der Waals surface area contributed by atoms with Crippen molar-refractivity contribution in [1.82, 2.24) is 0 Å². The van der Waals surface area contributed by atoms with Gasteiger partial charge in [0.1, 0.15) is 0 Å². The molecule has 0 aliphatic heterocycles. The van der Waals surface area contributed by atoms with Crippen molar-refractivity contribution < 1.29 is 19.0 Å². The lowest BCUT2D eigenvalue weighted by atomic mass is 10.1. The van der Waals surface area contributed by atoms with Gasteiger partial charge in [0.15, 0.2) is 6.10 Å². The maximum Gasteiger partial charge on any atom is 0.334 e. The highest BCUT2D eigenvalue weighted by molar-refractivity contribution is 5.73. The molecule has 4 nitrogen and oxygen atoms in total. The average molecular weight is 204 g/mol. The lowest BCUT2D eigenvalue weighted by Gasteiger charge is -2.23. The van der Waals surface area contributed by atoms with Crippen molar-refractivity contribution >= 4 is 5.97 Å². The van der Waals surface area contributed by atoms with Crippen LogP contribution >= 0.6 is 0 Å². The van der Waals surface area contributed by atoms with Gasteiger partial charge in [0.05, 0.1) is 19.3 Å². The molecule has 0 aliphatic rings. The number of ether oxygens (including phenoxy) is 3. The van der Waals surface area contributed by atoms with E-state index >= 15 is 0 Å². The zero-order valence-electron chi connectivity index (χ0n) is 9.62. The molecular weight excluding hydrogens is 184 g/mol. The van der Waals surface area contributed by atoms with Crippen LogP contribution in [0.5, 0.6) is 0 Å². The number of methoxy groups -OCH3 is 2. The van der Waals surface area contributed by atoms with Crippen LogP contribution in [0.1, 0.15) is 27.2 Å². The van der Waals surface area contributed by atoms with Crippen LogP contribution in [0.2, 0.25) is 0 Å². The van der Waals surface area contributed by atoms with Gasteiger partial charge in [0, 0.05) is 7.11 Å². The monoisotopic (exact) mass is 204 g/mol. The van der Waals surface area contributed by atoms with Crippen LogP contribution in [-0.4, -0.2) is 38.5 Å². The Bertz CT molecular complexity index is 177. The number of hydrogen-bond donors (Lipinski definition) is 0. The van der Waals surface area contributed by atoms with Gasteiger partial charge >= 0.3 is 5.97 Å². The molecule has 0 saturated heterocycles. The second kappa shape index (κ2) is 5.98. The zero-order chi connectivity index (χ0) is 11.2. The van der Waals surface area contributed by atoms with E-state index in [0.717, 1.165) is 6.42 Å². The third-order valence-corrected chi connectivity index (χ3v) is 2.16. The molecule has 0 radical (unpaired) electrons. The Morgan fingerprint density at radius 2 is 1.93 bits per heavy atom. The Labute approximate surface area is 85.5 Å². The minimum absolute atomic E-state index is 0.212. The van der Waals surface area contributed by atoms with Crippen LogP contribution < -0.4 is 0 Å². The Morgan fingerprint density at radius 3 is 2.36 bits per heavy atom. The topological polar surface area (TPSA) is 44.8 Å². The number of esters is 1. The molecule has 1 unspecified atom stereocenters. The second-order valence-corrected chi connectivity index (χ2v) is 3.75. The third kappa shape index (κ3) is 5.19. The van der Waals surface area contributed by atoms with Crippen molar-refractivity contribution in [2.75, 3.05) is 20.8 Å². The predicted octanol–water partition coefficient (Wildman–Crippen LogP) is 1.38. The summed E-state index contributed by atoms with van der Waals surface area (Å²) in [5.74, 6) is -0.347. The first-order valence-corrected chi connectivity index (χ1v) is 4.67. The summed E-state index contributed by atoms with van der Waals surface area (Å²) in [4.78, 5) is 11.0. The fraction of sp³-hybridized carbons (Fsp3) is 0.900. The molecule has 0 N–H and O–H groups in total. The molecule has 0 aromatic carbocycles. The van der Waals surface area contributed by atoms with Crippen molar-refractivity contribution in [3.05, 3.63) is 0 Å². The quantitative estimate of drug-likeness (QED) is 0.613. The van der Waals surface area contributed by atoms with Gasteiger partial charge in [-0.2, -0.15) is 0 Å². The van der Waals surface area contributed by atoms with E-state index in [0.29, 0.717) is 6.61 Å². The molecular formula is C10H20O4. The van der Waals surface area contributed by atoms with Gasteiger partial charge in [-0.3, -0.25) is 0 Å². The molecule has 0 aliphatic carbocycles. The highest BCUT2D eigenvalue weighted by atomic mass is 16.6. The van der Waals surface area contributed by atoms with Crippen LogP contribution in [0.25, 0.3) is 0 Å². The molecule has 0 spiro atoms. The van der Waals surface area contributed by atoms with Crippen LogP contribution in [-0.2, 0) is 19.0 Å². The van der Waals surface area contributed by atoms with E-state index in [2.05, 4.69) is 4.74 Å². The molecule has 0 saturated carbocycles. The van der Waals surface area contributed by atoms with E-state index in [9.17, 15) is 4.79 Å². The first kappa shape index (κ1) is 13.4. The molecule has 84 valence electrons. The first-order valence-electron chi connectivity index (χ1n) is 4.67. The predicted molar refractivity (Wildman–Crippen MR) is 53.1 cm³/mol. The van der Waals surface area contributed by atoms with E-state index in [-0.39, 0.29) is 11.6 Å². The van der Waals surface area contributed by atoms with Crippen LogP contribution in [0.4, 0.5) is 0 Å². The van der Waals surface area contributed by atoms with Crippen molar-refractivity contribution in [1.29, 1.82) is 0 Å². The SMILES string of the molecule is COC(=O)C(C)OCCC(C)(C)OC. The van der Waals surface area contributed by atoms with E-state index < -0.39 is 6.10 Å². The van der Waals surface area contributed by atoms with Crippen LogP contribution in [0.3, 0.4) is 0 Å². The Balaban J connectivity index is 3.69. The molecule has 0 amide bonds. The van der Waals surface area contributed by atoms with Gasteiger partial charge in [-0.15, -0.1) is 0 Å². The molecule has 4 heteroatoms. The Kier molecular flexibility index (Phi) is 5.72. The van der Waals surface area contributed by atoms with Gasteiger partial charge in [-0.25, -0.2) is 4.79 Å². The Hall–Kier alpha value is -0.610. The fourth-order valence-electron chi connectivity index (χ4n) is 0.818. The molecule has 1 atom stereocenters. The molecule has 0 fully saturated rings. The smallest absolute Gasteiger partial charge is 0.334 e. The second-order valence-electron chi connectivity index (χ2n) is 3.75. The summed E-state index contributed by atoms with van der Waals surface area (Å²) in [5, 5.41) is 0. The maximum absolute atomic E-state index is 11.0. The standard InChI is InChI=1S/C10H20O4/c1-8(9(11)12-4)14-7-6-10(2,3)13-5/h8H,6-7H2,1-5H3. The van der Waals surface area contributed by atoms with Crippen LogP contribution in [0.15, 0.2) is 0 Å². The molecule has 0 heterocycles. The van der Waals surface area contributed by atoms with E-state index in [1.165, 1.54) is 7.11 Å². The first-order chi connectivity index (χ1) is 6.43. The molecule has 0 rings (SSSR count). The van der Waals surface area contributed by atoms with E-state index in [1.54, 1.807) is 14.0 Å². The zero-order valence-corrected chi connectivity index (χ0v) is 9.62. The van der Waals surface area contributed by atoms with E-state index in [1.807, 2.05) is 13.8 Å². The van der Waals surface area contributed by atoms with E-state index in [4.69, 9.17) is 9.47 Å². The number of carbonyl (C=O) groups is 1. The Morgan fingerprint density at radius 1 is 1.36 bits per heavy atom. The maximum atomic E-state index is 11.0. The molecule has 0 aromatic rings. The van der Waals surface area contributed by atoms with Gasteiger partial charge in [-0.1, -0.05) is 0 Å². The normalized spacial score (nSPS) is 13.8. The summed E-state index contributed by atoms with van der Waals surface area (Å²) < 4.78 is 15.0. The van der Waals surface area contributed by atoms with Crippen molar-refractivity contribution in [3.63, 3.8) is 0 Å². The highest BCUT2D eigenvalue weighted by Gasteiger charge is 2.18. The van der Waals surface area contributed by atoms with Crippen molar-refractivity contribution in [2.24, 2.45) is 0 Å². The fourth-order valence-corrected chi connectivity index (χ4v) is 0.818. The van der Waals surface area contributed by atoms with Crippen molar-refractivity contribution in [2.45, 2.75) is 38.9 Å². The molecule has 0 bridgehead atoms. The van der Waals surface area contributed by atoms with Gasteiger partial charge in [0.25, 0.3) is 0 Å². The lowest BCUT2D eigenvalue weighted by Crippen LogP contribution is -2.28. The van der Waals surface area contributed by atoms with Gasteiger partial charge in [-0.05, 0) is 27.2 Å². The summed E-state index contributed by atoms with van der Waals surface area (Å²) in [6.45, 7) is 6.10. The summed E-state index contributed by atoms with van der Waals surface area (Å²) in [5.41, 5.74) is -0.212. The summed E-state index contributed by atoms with van der Waals surface area (Å²) >= 11 is 0. The minimum atomic E-state index is -0.507. The molecule has 14 heavy (non-hydrogen) atoms. The number of hydrogen-bond acceptors (Lipinski definition) is 4. The van der Waals surface area contributed by atoms with Gasteiger partial charge < -0.3 is 14.2 Å². The summed E-state index contributed by atoms with van der Waals surface area (Å²) in [6.07, 6.45) is 0.234. The number of carbonyl (C=O) groups excluding carboxylic acids is 1. The van der Waals surface area contributed by atoms with Crippen molar-refractivity contribution in [3.8, 4) is 0 Å². The third-order valence-electron chi connectivity index (χ3n) is 2.16. The lowest BCUT2D eigenvalue weighted by molar-refractivity contribution is -0.153. The summed E-state index contributed by atoms with van der Waals surface area (Å²) in [7, 11) is 3.00. The average Bonchev–Trinajstić information content (AvgIpc) is 2.16. The minimum Gasteiger partial charge on any atom is -0.467 e. The largest absolute Gasteiger partial charge is 0.467 e. The molecule has 0 aromatic heterocycles. The van der Waals surface area contributed by atoms with Gasteiger partial charge in [0.2, 0.25) is 0 Å². The summed E-state index contributed by atoms with van der Waals surface area (Å²) in [6, 6.07) is 0.